The highest BCUT2D eigenvalue weighted by Gasteiger charge is 2.18. The number of carbonyl (C=O) groups excluding carboxylic acids is 1. The average molecular weight is 355 g/mol. The van der Waals surface area contributed by atoms with E-state index in [2.05, 4.69) is 28.4 Å². The van der Waals surface area contributed by atoms with E-state index >= 15 is 0 Å². The highest BCUT2D eigenvalue weighted by molar-refractivity contribution is 6.25. The summed E-state index contributed by atoms with van der Waals surface area (Å²) in [6.07, 6.45) is 3.41. The van der Waals surface area contributed by atoms with Gasteiger partial charge in [-0.05, 0) is 28.7 Å². The van der Waals surface area contributed by atoms with Crippen LogP contribution in [0.1, 0.15) is 22.3 Å². The van der Waals surface area contributed by atoms with E-state index in [-0.39, 0.29) is 5.91 Å². The number of rotatable bonds is 6. The summed E-state index contributed by atoms with van der Waals surface area (Å²) in [7, 11) is 0. The summed E-state index contributed by atoms with van der Waals surface area (Å²) < 4.78 is 0. The van der Waals surface area contributed by atoms with Crippen molar-refractivity contribution >= 4 is 17.5 Å². The molecule has 0 aromatic heterocycles. The van der Waals surface area contributed by atoms with Crippen molar-refractivity contribution in [3.05, 3.63) is 82.4 Å². The number of carbonyl (C=O) groups is 1. The average Bonchev–Trinajstić information content (AvgIpc) is 2.65. The molecule has 0 spiro atoms. The number of hydrogen-bond acceptors (Lipinski definition) is 2. The van der Waals surface area contributed by atoms with Gasteiger partial charge in [0.15, 0.2) is 0 Å². The van der Waals surface area contributed by atoms with Crippen LogP contribution in [-0.4, -0.2) is 23.9 Å². The molecule has 0 saturated heterocycles. The van der Waals surface area contributed by atoms with E-state index in [1.165, 1.54) is 16.7 Å². The smallest absolute Gasteiger partial charge is 0.224 e. The number of amides is 1. The van der Waals surface area contributed by atoms with Gasteiger partial charge < -0.3 is 5.32 Å². The summed E-state index contributed by atoms with van der Waals surface area (Å²) in [5.41, 5.74) is 6.58. The lowest BCUT2D eigenvalue weighted by atomic mass is 9.94. The molecule has 3 nitrogen and oxygen atoms in total. The second kappa shape index (κ2) is 8.84. The van der Waals surface area contributed by atoms with E-state index in [1.54, 1.807) is 5.54 Å². The highest BCUT2D eigenvalue weighted by Crippen LogP contribution is 2.22. The van der Waals surface area contributed by atoms with Crippen molar-refractivity contribution in [1.82, 2.24) is 10.2 Å². The fourth-order valence-electron chi connectivity index (χ4n) is 3.29. The molecule has 1 heterocycles. The van der Waals surface area contributed by atoms with Gasteiger partial charge in [0.25, 0.3) is 0 Å². The van der Waals surface area contributed by atoms with Gasteiger partial charge in [0.1, 0.15) is 0 Å². The molecule has 1 N–H and O–H groups in total. The monoisotopic (exact) mass is 354 g/mol. The lowest BCUT2D eigenvalue weighted by Crippen LogP contribution is -2.32. The van der Waals surface area contributed by atoms with Crippen molar-refractivity contribution < 1.29 is 4.79 Å². The fraction of sp³-hybridized carbons (Fsp3) is 0.286. The number of benzene rings is 2. The Bertz CT molecular complexity index is 743. The first-order valence-corrected chi connectivity index (χ1v) is 9.08. The van der Waals surface area contributed by atoms with Crippen LogP contribution < -0.4 is 5.32 Å². The molecule has 2 aromatic rings. The molecule has 0 aliphatic carbocycles. The molecular weight excluding hydrogens is 332 g/mol. The normalized spacial score (nSPS) is 14.4. The number of hydrogen-bond donors (Lipinski definition) is 1. The van der Waals surface area contributed by atoms with Crippen LogP contribution >= 0.6 is 11.6 Å². The van der Waals surface area contributed by atoms with Crippen LogP contribution in [0, 0.1) is 0 Å². The minimum Gasteiger partial charge on any atom is -0.352 e. The summed E-state index contributed by atoms with van der Waals surface area (Å²) >= 11 is 5.63. The Morgan fingerprint density at radius 3 is 2.80 bits per heavy atom. The number of nitrogens with one attached hydrogen (secondary N) is 1. The number of fused-ring (bicyclic) bond motifs is 1. The Morgan fingerprint density at radius 2 is 2.00 bits per heavy atom. The first-order valence-electron chi connectivity index (χ1n) is 8.64. The molecule has 1 aliphatic heterocycles. The summed E-state index contributed by atoms with van der Waals surface area (Å²) in [4.78, 5) is 14.6. The minimum atomic E-state index is 0.0634. The van der Waals surface area contributed by atoms with Gasteiger partial charge in [0.2, 0.25) is 5.91 Å². The van der Waals surface area contributed by atoms with Crippen LogP contribution in [0.4, 0.5) is 0 Å². The van der Waals surface area contributed by atoms with Gasteiger partial charge in [-0.2, -0.15) is 0 Å². The molecule has 130 valence electrons. The molecule has 0 bridgehead atoms. The fourth-order valence-corrected chi connectivity index (χ4v) is 3.37. The standard InChI is InChI=1S/C21H23ClN2O/c22-11-5-12-24-13-10-20-18(8-4-9-19(20)16-24)15-23-21(25)14-17-6-2-1-3-7-17/h1-9,11H,10,12-16H2,(H,23,25)/b11-5+. The third kappa shape index (κ3) is 4.94. The van der Waals surface area contributed by atoms with Crippen LogP contribution in [0.25, 0.3) is 0 Å². The maximum Gasteiger partial charge on any atom is 0.224 e. The Kier molecular flexibility index (Phi) is 6.26. The second-order valence-electron chi connectivity index (χ2n) is 6.34. The van der Waals surface area contributed by atoms with E-state index in [9.17, 15) is 4.79 Å². The summed E-state index contributed by atoms with van der Waals surface area (Å²) in [6.45, 7) is 3.42. The largest absolute Gasteiger partial charge is 0.352 e. The molecule has 4 heteroatoms. The lowest BCUT2D eigenvalue weighted by molar-refractivity contribution is -0.120. The summed E-state index contributed by atoms with van der Waals surface area (Å²) in [5, 5.41) is 3.06. The zero-order valence-corrected chi connectivity index (χ0v) is 15.0. The van der Waals surface area contributed by atoms with Crippen molar-refractivity contribution in [1.29, 1.82) is 0 Å². The first-order chi connectivity index (χ1) is 12.3. The van der Waals surface area contributed by atoms with Gasteiger partial charge in [-0.15, -0.1) is 0 Å². The third-order valence-electron chi connectivity index (χ3n) is 4.58. The van der Waals surface area contributed by atoms with Gasteiger partial charge in [0.05, 0.1) is 6.42 Å². The highest BCUT2D eigenvalue weighted by atomic mass is 35.5. The summed E-state index contributed by atoms with van der Waals surface area (Å²) in [5.74, 6) is 0.0634. The van der Waals surface area contributed by atoms with E-state index in [4.69, 9.17) is 11.6 Å². The predicted molar refractivity (Wildman–Crippen MR) is 102 cm³/mol. The number of halogens is 1. The van der Waals surface area contributed by atoms with E-state index in [0.29, 0.717) is 13.0 Å². The number of nitrogens with zero attached hydrogens (tertiary/aromatic N) is 1. The minimum absolute atomic E-state index is 0.0634. The topological polar surface area (TPSA) is 32.3 Å². The van der Waals surface area contributed by atoms with Gasteiger partial charge in [0, 0.05) is 31.7 Å². The maximum absolute atomic E-state index is 12.2. The van der Waals surface area contributed by atoms with Gasteiger partial charge >= 0.3 is 0 Å². The van der Waals surface area contributed by atoms with Crippen LogP contribution in [0.3, 0.4) is 0 Å². The van der Waals surface area contributed by atoms with Crippen LogP contribution in [0.2, 0.25) is 0 Å². The quantitative estimate of drug-likeness (QED) is 0.858. The molecular formula is C21H23ClN2O. The van der Waals surface area contributed by atoms with Crippen LogP contribution in [0.5, 0.6) is 0 Å². The van der Waals surface area contributed by atoms with E-state index < -0.39 is 0 Å². The van der Waals surface area contributed by atoms with Crippen molar-refractivity contribution in [2.24, 2.45) is 0 Å². The zero-order chi connectivity index (χ0) is 17.5. The Balaban J connectivity index is 1.60. The molecule has 0 saturated carbocycles. The van der Waals surface area contributed by atoms with Crippen molar-refractivity contribution in [2.45, 2.75) is 25.9 Å². The van der Waals surface area contributed by atoms with Gasteiger partial charge in [-0.3, -0.25) is 9.69 Å². The third-order valence-corrected chi connectivity index (χ3v) is 4.76. The van der Waals surface area contributed by atoms with Crippen molar-refractivity contribution in [3.8, 4) is 0 Å². The first kappa shape index (κ1) is 17.7. The second-order valence-corrected chi connectivity index (χ2v) is 6.59. The molecule has 3 rings (SSSR count). The molecule has 0 radical (unpaired) electrons. The molecule has 2 aromatic carbocycles. The van der Waals surface area contributed by atoms with Crippen molar-refractivity contribution in [2.75, 3.05) is 13.1 Å². The van der Waals surface area contributed by atoms with E-state index in [1.807, 2.05) is 36.4 Å². The lowest BCUT2D eigenvalue weighted by Gasteiger charge is -2.29. The van der Waals surface area contributed by atoms with Crippen LogP contribution in [0.15, 0.2) is 60.1 Å². The van der Waals surface area contributed by atoms with Crippen molar-refractivity contribution in [3.63, 3.8) is 0 Å². The molecule has 1 amide bonds. The van der Waals surface area contributed by atoms with E-state index in [0.717, 1.165) is 31.6 Å². The molecule has 25 heavy (non-hydrogen) atoms. The molecule has 1 aliphatic rings. The predicted octanol–water partition coefficient (Wildman–Crippen LogP) is 3.66. The molecule has 0 fully saturated rings. The van der Waals surface area contributed by atoms with Gasteiger partial charge in [-0.25, -0.2) is 0 Å². The summed E-state index contributed by atoms with van der Waals surface area (Å²) in [6, 6.07) is 16.2. The molecule has 0 unspecified atom stereocenters. The van der Waals surface area contributed by atoms with Gasteiger partial charge in [-0.1, -0.05) is 66.2 Å². The Labute approximate surface area is 154 Å². The SMILES string of the molecule is O=C(Cc1ccccc1)NCc1cccc2c1CCN(C/C=C/Cl)C2. The van der Waals surface area contributed by atoms with Crippen LogP contribution in [-0.2, 0) is 30.7 Å². The Morgan fingerprint density at radius 1 is 1.16 bits per heavy atom. The Hall–Kier alpha value is -2.10. The maximum atomic E-state index is 12.2. The zero-order valence-electron chi connectivity index (χ0n) is 14.2. The molecule has 0 atom stereocenters.